The molecule has 4 nitrogen and oxygen atoms in total. The van der Waals surface area contributed by atoms with Gasteiger partial charge in [0.15, 0.2) is 0 Å². The van der Waals surface area contributed by atoms with Crippen molar-refractivity contribution in [3.8, 4) is 5.75 Å². The van der Waals surface area contributed by atoms with E-state index in [4.69, 9.17) is 4.74 Å². The molecule has 19 heavy (non-hydrogen) atoms. The lowest BCUT2D eigenvalue weighted by atomic mass is 9.94. The van der Waals surface area contributed by atoms with E-state index < -0.39 is 0 Å². The number of rotatable bonds is 5. The molecule has 2 atom stereocenters. The van der Waals surface area contributed by atoms with Crippen LogP contribution in [0.4, 0.5) is 5.69 Å². The minimum atomic E-state index is 0.331. The summed E-state index contributed by atoms with van der Waals surface area (Å²) in [5.74, 6) is 1.30. The van der Waals surface area contributed by atoms with Crippen molar-refractivity contribution < 1.29 is 4.74 Å². The first-order valence-corrected chi connectivity index (χ1v) is 6.49. The predicted octanol–water partition coefficient (Wildman–Crippen LogP) is 3.03. The van der Waals surface area contributed by atoms with E-state index in [1.807, 2.05) is 31.6 Å². The van der Waals surface area contributed by atoms with Crippen LogP contribution in [0.3, 0.4) is 0 Å². The summed E-state index contributed by atoms with van der Waals surface area (Å²) in [6, 6.07) is 8.57. The second kappa shape index (κ2) is 5.78. The molecule has 0 aliphatic carbocycles. The van der Waals surface area contributed by atoms with Gasteiger partial charge in [-0.15, -0.1) is 0 Å². The van der Waals surface area contributed by atoms with Gasteiger partial charge >= 0.3 is 0 Å². The van der Waals surface area contributed by atoms with E-state index in [0.717, 1.165) is 11.4 Å². The summed E-state index contributed by atoms with van der Waals surface area (Å²) in [7, 11) is 3.60. The zero-order valence-electron chi connectivity index (χ0n) is 11.9. The Morgan fingerprint density at radius 1 is 1.21 bits per heavy atom. The number of nitrogens with zero attached hydrogens (tertiary/aromatic N) is 2. The van der Waals surface area contributed by atoms with Crippen LogP contribution in [0, 0.1) is 0 Å². The Morgan fingerprint density at radius 3 is 2.42 bits per heavy atom. The number of ether oxygens (including phenoxy) is 1. The number of aryl methyl sites for hydroxylation is 1. The van der Waals surface area contributed by atoms with E-state index in [9.17, 15) is 0 Å². The number of methoxy groups -OCH3 is 1. The van der Waals surface area contributed by atoms with Gasteiger partial charge in [0, 0.05) is 25.2 Å². The molecule has 1 heterocycles. The molecule has 0 radical (unpaired) electrons. The Kier molecular flexibility index (Phi) is 4.10. The van der Waals surface area contributed by atoms with Gasteiger partial charge in [0.2, 0.25) is 0 Å². The number of hydrogen-bond donors (Lipinski definition) is 1. The molecule has 0 amide bonds. The first-order valence-electron chi connectivity index (χ1n) is 6.49. The van der Waals surface area contributed by atoms with Gasteiger partial charge in [-0.25, -0.2) is 0 Å². The van der Waals surface area contributed by atoms with Crippen molar-refractivity contribution >= 4 is 5.69 Å². The Morgan fingerprint density at radius 2 is 1.89 bits per heavy atom. The monoisotopic (exact) mass is 259 g/mol. The van der Waals surface area contributed by atoms with Crippen LogP contribution in [0.5, 0.6) is 5.75 Å². The fourth-order valence-corrected chi connectivity index (χ4v) is 2.08. The summed E-state index contributed by atoms with van der Waals surface area (Å²) in [5, 5.41) is 7.64. The first-order chi connectivity index (χ1) is 9.10. The summed E-state index contributed by atoms with van der Waals surface area (Å²) in [6.45, 7) is 4.40. The van der Waals surface area contributed by atoms with Gasteiger partial charge < -0.3 is 10.1 Å². The molecule has 1 N–H and O–H groups in total. The quantitative estimate of drug-likeness (QED) is 0.897. The molecule has 0 bridgehead atoms. The fraction of sp³-hybridized carbons (Fsp3) is 0.400. The number of benzene rings is 1. The molecule has 2 rings (SSSR count). The highest BCUT2D eigenvalue weighted by atomic mass is 16.5. The van der Waals surface area contributed by atoms with Crippen LogP contribution >= 0.6 is 0 Å². The molecule has 2 unspecified atom stereocenters. The van der Waals surface area contributed by atoms with Gasteiger partial charge in [0.25, 0.3) is 0 Å². The standard InChI is InChI=1S/C15H21N3O/c1-11(13-5-7-15(19-4)8-6-13)12(2)17-14-9-16-18(3)10-14/h5-12,17H,1-4H3. The van der Waals surface area contributed by atoms with Crippen molar-refractivity contribution in [2.24, 2.45) is 7.05 Å². The summed E-state index contributed by atoms with van der Waals surface area (Å²) < 4.78 is 6.98. The third-order valence-electron chi connectivity index (χ3n) is 3.49. The second-order valence-corrected chi connectivity index (χ2v) is 4.90. The van der Waals surface area contributed by atoms with Crippen LogP contribution in [-0.2, 0) is 7.05 Å². The second-order valence-electron chi connectivity index (χ2n) is 4.90. The minimum absolute atomic E-state index is 0.331. The maximum absolute atomic E-state index is 5.18. The first kappa shape index (κ1) is 13.5. The molecule has 2 aromatic rings. The van der Waals surface area contributed by atoms with E-state index in [-0.39, 0.29) is 0 Å². The highest BCUT2D eigenvalue weighted by molar-refractivity contribution is 5.40. The van der Waals surface area contributed by atoms with Gasteiger partial charge in [-0.05, 0) is 24.6 Å². The lowest BCUT2D eigenvalue weighted by molar-refractivity contribution is 0.414. The zero-order chi connectivity index (χ0) is 13.8. The number of nitrogens with one attached hydrogen (secondary N) is 1. The van der Waals surface area contributed by atoms with E-state index in [0.29, 0.717) is 12.0 Å². The molecule has 4 heteroatoms. The number of aromatic nitrogens is 2. The van der Waals surface area contributed by atoms with Crippen LogP contribution in [-0.4, -0.2) is 22.9 Å². The molecule has 102 valence electrons. The normalized spacial score (nSPS) is 13.9. The lowest BCUT2D eigenvalue weighted by Crippen LogP contribution is -2.22. The Bertz CT molecular complexity index is 518. The van der Waals surface area contributed by atoms with Crippen LogP contribution in [0.15, 0.2) is 36.7 Å². The summed E-state index contributed by atoms with van der Waals surface area (Å²) in [4.78, 5) is 0. The average molecular weight is 259 g/mol. The maximum Gasteiger partial charge on any atom is 0.118 e. The molecule has 0 spiro atoms. The number of hydrogen-bond acceptors (Lipinski definition) is 3. The van der Waals surface area contributed by atoms with Crippen molar-refractivity contribution in [1.82, 2.24) is 9.78 Å². The third-order valence-corrected chi connectivity index (χ3v) is 3.49. The zero-order valence-corrected chi connectivity index (χ0v) is 11.9. The van der Waals surface area contributed by atoms with Crippen LogP contribution in [0.2, 0.25) is 0 Å². The van der Waals surface area contributed by atoms with E-state index in [1.165, 1.54) is 5.56 Å². The van der Waals surface area contributed by atoms with E-state index >= 15 is 0 Å². The van der Waals surface area contributed by atoms with Crippen molar-refractivity contribution in [1.29, 1.82) is 0 Å². The van der Waals surface area contributed by atoms with Crippen molar-refractivity contribution in [2.45, 2.75) is 25.8 Å². The molecule has 0 saturated heterocycles. The minimum Gasteiger partial charge on any atom is -0.497 e. The molecule has 0 aliphatic rings. The molecule has 0 fully saturated rings. The summed E-state index contributed by atoms with van der Waals surface area (Å²) in [6.07, 6.45) is 3.83. The van der Waals surface area contributed by atoms with Crippen molar-refractivity contribution in [3.05, 3.63) is 42.2 Å². The topological polar surface area (TPSA) is 39.1 Å². The lowest BCUT2D eigenvalue weighted by Gasteiger charge is -2.22. The Hall–Kier alpha value is -1.97. The number of anilines is 1. The maximum atomic E-state index is 5.18. The highest BCUT2D eigenvalue weighted by Crippen LogP contribution is 2.24. The van der Waals surface area contributed by atoms with Gasteiger partial charge in [-0.3, -0.25) is 4.68 Å². The SMILES string of the molecule is COc1ccc(C(C)C(C)Nc2cnn(C)c2)cc1. The van der Waals surface area contributed by atoms with Crippen LogP contribution in [0.1, 0.15) is 25.3 Å². The largest absolute Gasteiger partial charge is 0.497 e. The van der Waals surface area contributed by atoms with E-state index in [2.05, 4.69) is 36.4 Å². The summed E-state index contributed by atoms with van der Waals surface area (Å²) >= 11 is 0. The van der Waals surface area contributed by atoms with Gasteiger partial charge in [-0.2, -0.15) is 5.10 Å². The van der Waals surface area contributed by atoms with Crippen LogP contribution in [0.25, 0.3) is 0 Å². The van der Waals surface area contributed by atoms with Gasteiger partial charge in [-0.1, -0.05) is 19.1 Å². The van der Waals surface area contributed by atoms with Crippen molar-refractivity contribution in [3.63, 3.8) is 0 Å². The molecular weight excluding hydrogens is 238 g/mol. The molecule has 1 aromatic heterocycles. The molecular formula is C15H21N3O. The molecule has 0 aliphatic heterocycles. The molecule has 1 aromatic carbocycles. The van der Waals surface area contributed by atoms with Gasteiger partial charge in [0.05, 0.1) is 19.0 Å². The Balaban J connectivity index is 2.03. The third kappa shape index (κ3) is 3.28. The smallest absolute Gasteiger partial charge is 0.118 e. The summed E-state index contributed by atoms with van der Waals surface area (Å²) in [5.41, 5.74) is 2.35. The predicted molar refractivity (Wildman–Crippen MR) is 77.7 cm³/mol. The van der Waals surface area contributed by atoms with Crippen LogP contribution < -0.4 is 10.1 Å². The highest BCUT2D eigenvalue weighted by Gasteiger charge is 2.14. The van der Waals surface area contributed by atoms with Gasteiger partial charge in [0.1, 0.15) is 5.75 Å². The fourth-order valence-electron chi connectivity index (χ4n) is 2.08. The molecule has 0 saturated carbocycles. The van der Waals surface area contributed by atoms with Crippen molar-refractivity contribution in [2.75, 3.05) is 12.4 Å². The van der Waals surface area contributed by atoms with E-state index in [1.54, 1.807) is 11.8 Å². The average Bonchev–Trinajstić information content (AvgIpc) is 2.83. The Labute approximate surface area is 114 Å².